The SMILES string of the molecule is Cc1c(F)c(N)cc(-c2ncc3c(N4CCCC[C@@H]5[C@@H](F)[C@@H]54)nc(OC[C@@]45CCCN4CC(=C(F)F)C5)nc3c2F)c1C(F)(F)F. The first-order chi connectivity index (χ1) is 21.8. The second-order valence-corrected chi connectivity index (χ2v) is 12.7. The van der Waals surface area contributed by atoms with Crippen LogP contribution in [0.2, 0.25) is 0 Å². The van der Waals surface area contributed by atoms with Crippen LogP contribution in [0.15, 0.2) is 23.9 Å². The van der Waals surface area contributed by atoms with Crippen LogP contribution < -0.4 is 15.4 Å². The Balaban J connectivity index is 1.36. The lowest BCUT2D eigenvalue weighted by atomic mass is 9.94. The summed E-state index contributed by atoms with van der Waals surface area (Å²) >= 11 is 0. The summed E-state index contributed by atoms with van der Waals surface area (Å²) < 4.78 is 121. The van der Waals surface area contributed by atoms with Gasteiger partial charge in [-0.15, -0.1) is 0 Å². The zero-order valence-corrected chi connectivity index (χ0v) is 24.7. The summed E-state index contributed by atoms with van der Waals surface area (Å²) in [7, 11) is 0. The van der Waals surface area contributed by atoms with E-state index in [0.29, 0.717) is 38.4 Å². The topological polar surface area (TPSA) is 80.4 Å². The molecule has 4 atom stereocenters. The van der Waals surface area contributed by atoms with Crippen molar-refractivity contribution in [2.45, 2.75) is 69.4 Å². The van der Waals surface area contributed by atoms with Gasteiger partial charge >= 0.3 is 12.2 Å². The number of pyridine rings is 1. The summed E-state index contributed by atoms with van der Waals surface area (Å²) in [6.45, 7) is 1.86. The van der Waals surface area contributed by atoms with E-state index >= 15 is 4.39 Å². The number of nitrogen functional groups attached to an aromatic ring is 1. The van der Waals surface area contributed by atoms with Gasteiger partial charge in [-0.1, -0.05) is 6.42 Å². The molecule has 1 aromatic carbocycles. The molecule has 15 heteroatoms. The van der Waals surface area contributed by atoms with Gasteiger partial charge in [0, 0.05) is 36.3 Å². The van der Waals surface area contributed by atoms with Gasteiger partial charge in [0.05, 0.1) is 28.2 Å². The first kappa shape index (κ1) is 30.9. The molecule has 2 N–H and O–H groups in total. The van der Waals surface area contributed by atoms with E-state index in [1.807, 2.05) is 4.90 Å². The molecule has 3 aliphatic heterocycles. The highest BCUT2D eigenvalue weighted by molar-refractivity contribution is 5.93. The summed E-state index contributed by atoms with van der Waals surface area (Å²) in [4.78, 5) is 16.4. The van der Waals surface area contributed by atoms with E-state index in [1.54, 1.807) is 4.90 Å². The molecule has 46 heavy (non-hydrogen) atoms. The minimum absolute atomic E-state index is 0.0119. The van der Waals surface area contributed by atoms with Crippen molar-refractivity contribution in [2.75, 3.05) is 36.9 Å². The van der Waals surface area contributed by atoms with E-state index in [2.05, 4.69) is 15.0 Å². The third-order valence-corrected chi connectivity index (χ3v) is 9.96. The number of aromatic nitrogens is 3. The minimum atomic E-state index is -5.08. The number of rotatable bonds is 5. The standard InChI is InChI=1S/C31H30F8N6O/c1-14-20(31(37,38)39)17(9-19(40)21(14)32)24-23(34)25-18(11-41-24)28(45-8-3-2-5-16-22(33)26(16)45)43-29(42-25)46-13-30-6-4-7-44(30)12-15(10-30)27(35)36/h9,11,16,22,26H,2-8,10,12-13,40H2,1H3/t16-,22-,26-,30+/m1/s1. The maximum Gasteiger partial charge on any atom is 0.417 e. The van der Waals surface area contributed by atoms with Crippen LogP contribution in [0, 0.1) is 24.5 Å². The second-order valence-electron chi connectivity index (χ2n) is 12.7. The highest BCUT2D eigenvalue weighted by Gasteiger charge is 2.56. The Bertz CT molecular complexity index is 1760. The first-order valence-electron chi connectivity index (χ1n) is 15.1. The molecule has 1 saturated carbocycles. The molecule has 0 radical (unpaired) electrons. The Morgan fingerprint density at radius 2 is 1.89 bits per heavy atom. The van der Waals surface area contributed by atoms with Crippen molar-refractivity contribution >= 4 is 22.4 Å². The molecule has 0 amide bonds. The lowest BCUT2D eigenvalue weighted by Crippen LogP contribution is -2.43. The van der Waals surface area contributed by atoms with Gasteiger partial charge in [0.1, 0.15) is 35.6 Å². The number of halogens is 8. The van der Waals surface area contributed by atoms with Crippen molar-refractivity contribution in [3.63, 3.8) is 0 Å². The van der Waals surface area contributed by atoms with Gasteiger partial charge in [-0.2, -0.15) is 31.9 Å². The Kier molecular flexibility index (Phi) is 7.33. The van der Waals surface area contributed by atoms with E-state index in [0.717, 1.165) is 26.0 Å². The Morgan fingerprint density at radius 3 is 2.63 bits per heavy atom. The summed E-state index contributed by atoms with van der Waals surface area (Å²) in [5.41, 5.74) is 0.0791. The van der Waals surface area contributed by atoms with E-state index in [-0.39, 0.29) is 48.3 Å². The van der Waals surface area contributed by atoms with Crippen LogP contribution in [0.5, 0.6) is 6.01 Å². The lowest BCUT2D eigenvalue weighted by Gasteiger charge is -2.31. The smallest absolute Gasteiger partial charge is 0.417 e. The van der Waals surface area contributed by atoms with E-state index in [4.69, 9.17) is 10.5 Å². The normalized spacial score (nSPS) is 26.3. The molecule has 5 heterocycles. The molecule has 0 bridgehead atoms. The molecule has 4 fully saturated rings. The van der Waals surface area contributed by atoms with Gasteiger partial charge in [0.2, 0.25) is 0 Å². The maximum absolute atomic E-state index is 16.5. The van der Waals surface area contributed by atoms with Crippen LogP contribution in [0.4, 0.5) is 46.6 Å². The average molecular weight is 655 g/mol. The van der Waals surface area contributed by atoms with Gasteiger partial charge in [0.25, 0.3) is 6.08 Å². The van der Waals surface area contributed by atoms with Crippen molar-refractivity contribution in [1.82, 2.24) is 19.9 Å². The van der Waals surface area contributed by atoms with Crippen LogP contribution >= 0.6 is 0 Å². The molecule has 2 aromatic heterocycles. The molecule has 7 nitrogen and oxygen atoms in total. The maximum atomic E-state index is 16.5. The molecule has 3 aromatic rings. The second kappa shape index (κ2) is 10.9. The Labute approximate surface area is 258 Å². The first-order valence-corrected chi connectivity index (χ1v) is 15.1. The van der Waals surface area contributed by atoms with Crippen molar-refractivity contribution in [3.8, 4) is 17.3 Å². The van der Waals surface area contributed by atoms with Crippen LogP contribution in [-0.2, 0) is 6.18 Å². The molecule has 0 unspecified atom stereocenters. The van der Waals surface area contributed by atoms with Crippen LogP contribution in [0.25, 0.3) is 22.2 Å². The van der Waals surface area contributed by atoms with Crippen LogP contribution in [-0.4, -0.2) is 63.8 Å². The number of hydrogen-bond donors (Lipinski definition) is 1. The quantitative estimate of drug-likeness (QED) is 0.235. The molecular weight excluding hydrogens is 624 g/mol. The summed E-state index contributed by atoms with van der Waals surface area (Å²) in [5.74, 6) is -2.68. The van der Waals surface area contributed by atoms with Crippen molar-refractivity contribution in [1.29, 1.82) is 0 Å². The zero-order valence-electron chi connectivity index (χ0n) is 24.7. The number of nitrogens with zero attached hydrogens (tertiary/aromatic N) is 5. The van der Waals surface area contributed by atoms with Crippen molar-refractivity contribution in [3.05, 3.63) is 46.7 Å². The Hall–Kier alpha value is -3.75. The predicted octanol–water partition coefficient (Wildman–Crippen LogP) is 6.97. The predicted molar refractivity (Wildman–Crippen MR) is 153 cm³/mol. The number of anilines is 2. The summed E-state index contributed by atoms with van der Waals surface area (Å²) in [6, 6.07) is -0.186. The van der Waals surface area contributed by atoms with Crippen molar-refractivity contribution < 1.29 is 39.9 Å². The average Bonchev–Trinajstić information content (AvgIpc) is 3.33. The molecule has 4 aliphatic rings. The van der Waals surface area contributed by atoms with Gasteiger partial charge in [-0.05, 0) is 57.2 Å². The monoisotopic (exact) mass is 654 g/mol. The molecule has 1 aliphatic carbocycles. The number of benzene rings is 1. The molecule has 246 valence electrons. The number of fused-ring (bicyclic) bond motifs is 3. The van der Waals surface area contributed by atoms with E-state index < -0.39 is 75.2 Å². The number of nitrogens with two attached hydrogens (primary N) is 1. The van der Waals surface area contributed by atoms with Crippen LogP contribution in [0.1, 0.15) is 49.7 Å². The van der Waals surface area contributed by atoms with Gasteiger partial charge in [-0.3, -0.25) is 9.88 Å². The third kappa shape index (κ3) is 4.92. The highest BCUT2D eigenvalue weighted by Crippen LogP contribution is 2.49. The van der Waals surface area contributed by atoms with Gasteiger partial charge in [-0.25, -0.2) is 13.2 Å². The number of hydrogen-bond acceptors (Lipinski definition) is 7. The summed E-state index contributed by atoms with van der Waals surface area (Å²) in [5, 5.41) is 0.0277. The lowest BCUT2D eigenvalue weighted by molar-refractivity contribution is -0.137. The molecular formula is C31H30F8N6O. The number of alkyl halides is 4. The van der Waals surface area contributed by atoms with E-state index in [9.17, 15) is 30.7 Å². The van der Waals surface area contributed by atoms with Crippen molar-refractivity contribution in [2.24, 2.45) is 5.92 Å². The number of ether oxygens (including phenoxy) is 1. The fourth-order valence-electron chi connectivity index (χ4n) is 7.64. The minimum Gasteiger partial charge on any atom is -0.461 e. The van der Waals surface area contributed by atoms with Gasteiger partial charge in [0.15, 0.2) is 5.82 Å². The third-order valence-electron chi connectivity index (χ3n) is 9.96. The molecule has 0 spiro atoms. The van der Waals surface area contributed by atoms with E-state index in [1.165, 1.54) is 0 Å². The Morgan fingerprint density at radius 1 is 1.11 bits per heavy atom. The highest BCUT2D eigenvalue weighted by atomic mass is 19.4. The molecule has 7 rings (SSSR count). The largest absolute Gasteiger partial charge is 0.461 e. The fourth-order valence-corrected chi connectivity index (χ4v) is 7.64. The van der Waals surface area contributed by atoms with Gasteiger partial charge < -0.3 is 15.4 Å². The van der Waals surface area contributed by atoms with Crippen LogP contribution in [0.3, 0.4) is 0 Å². The summed E-state index contributed by atoms with van der Waals surface area (Å²) in [6.07, 6.45) is -3.32. The fraction of sp³-hybridized carbons (Fsp3) is 0.516. The zero-order chi connectivity index (χ0) is 32.7. The molecule has 3 saturated heterocycles.